The predicted molar refractivity (Wildman–Crippen MR) is 74.3 cm³/mol. The zero-order valence-corrected chi connectivity index (χ0v) is 11.6. The molecular weight excluding hydrogens is 208 g/mol. The Bertz CT molecular complexity index is 199. The molecule has 0 amide bonds. The summed E-state index contributed by atoms with van der Waals surface area (Å²) in [5, 5.41) is 3.69. The number of likely N-dealkylation sites (tertiary alicyclic amines) is 1. The summed E-state index contributed by atoms with van der Waals surface area (Å²) in [7, 11) is 0. The summed E-state index contributed by atoms with van der Waals surface area (Å²) in [6.07, 6.45) is 11.5. The monoisotopic (exact) mass is 238 g/mol. The molecule has 2 fully saturated rings. The molecule has 1 saturated carbocycles. The average molecular weight is 238 g/mol. The van der Waals surface area contributed by atoms with Gasteiger partial charge < -0.3 is 10.2 Å². The van der Waals surface area contributed by atoms with Crippen molar-refractivity contribution < 1.29 is 0 Å². The van der Waals surface area contributed by atoms with Crippen LogP contribution in [-0.2, 0) is 0 Å². The third-order valence-corrected chi connectivity index (χ3v) is 4.52. The Morgan fingerprint density at radius 2 is 1.94 bits per heavy atom. The van der Waals surface area contributed by atoms with Crippen LogP contribution in [0.5, 0.6) is 0 Å². The Labute approximate surface area is 107 Å². The van der Waals surface area contributed by atoms with Crippen LogP contribution in [0.2, 0.25) is 0 Å². The highest BCUT2D eigenvalue weighted by Gasteiger charge is 2.21. The van der Waals surface area contributed by atoms with Crippen molar-refractivity contribution in [3.63, 3.8) is 0 Å². The molecule has 2 heteroatoms. The van der Waals surface area contributed by atoms with E-state index in [1.54, 1.807) is 0 Å². The zero-order valence-electron chi connectivity index (χ0n) is 11.6. The van der Waals surface area contributed by atoms with Gasteiger partial charge in [-0.1, -0.05) is 32.6 Å². The standard InChI is InChI=1S/C15H30N2/c1-2-10-16-15-8-5-11-17(13-15)12-9-14-6-3-4-7-14/h14-16H,2-13H2,1H3. The molecule has 0 radical (unpaired) electrons. The first-order valence-corrected chi connectivity index (χ1v) is 7.84. The first-order valence-electron chi connectivity index (χ1n) is 7.84. The highest BCUT2D eigenvalue weighted by molar-refractivity contribution is 4.79. The molecule has 1 N–H and O–H groups in total. The molecule has 1 heterocycles. The molecule has 100 valence electrons. The second-order valence-corrected chi connectivity index (χ2v) is 6.03. The minimum atomic E-state index is 0.771. The van der Waals surface area contributed by atoms with E-state index in [-0.39, 0.29) is 0 Å². The maximum absolute atomic E-state index is 3.69. The van der Waals surface area contributed by atoms with E-state index in [2.05, 4.69) is 17.1 Å². The van der Waals surface area contributed by atoms with E-state index >= 15 is 0 Å². The Morgan fingerprint density at radius 1 is 1.12 bits per heavy atom. The van der Waals surface area contributed by atoms with Gasteiger partial charge in [-0.25, -0.2) is 0 Å². The van der Waals surface area contributed by atoms with Gasteiger partial charge in [-0.2, -0.15) is 0 Å². The zero-order chi connectivity index (χ0) is 11.9. The van der Waals surface area contributed by atoms with Gasteiger partial charge in [-0.05, 0) is 51.2 Å². The number of piperidine rings is 1. The van der Waals surface area contributed by atoms with Gasteiger partial charge >= 0.3 is 0 Å². The molecule has 0 aromatic carbocycles. The molecule has 2 aliphatic rings. The van der Waals surface area contributed by atoms with Gasteiger partial charge in [0.15, 0.2) is 0 Å². The van der Waals surface area contributed by atoms with Crippen molar-refractivity contribution in [3.8, 4) is 0 Å². The van der Waals surface area contributed by atoms with Gasteiger partial charge in [0, 0.05) is 12.6 Å². The van der Waals surface area contributed by atoms with Gasteiger partial charge in [0.25, 0.3) is 0 Å². The van der Waals surface area contributed by atoms with Crippen LogP contribution in [0.15, 0.2) is 0 Å². The third kappa shape index (κ3) is 4.59. The van der Waals surface area contributed by atoms with Crippen LogP contribution in [-0.4, -0.2) is 37.1 Å². The van der Waals surface area contributed by atoms with Gasteiger partial charge in [-0.3, -0.25) is 0 Å². The number of rotatable bonds is 6. The second kappa shape index (κ2) is 7.38. The summed E-state index contributed by atoms with van der Waals surface area (Å²) in [5.41, 5.74) is 0. The lowest BCUT2D eigenvalue weighted by Gasteiger charge is -2.33. The minimum absolute atomic E-state index is 0.771. The second-order valence-electron chi connectivity index (χ2n) is 6.03. The molecule has 1 aliphatic carbocycles. The molecule has 1 atom stereocenters. The van der Waals surface area contributed by atoms with Crippen LogP contribution in [0.3, 0.4) is 0 Å². The molecule has 0 bridgehead atoms. The van der Waals surface area contributed by atoms with E-state index in [4.69, 9.17) is 0 Å². The summed E-state index contributed by atoms with van der Waals surface area (Å²) >= 11 is 0. The lowest BCUT2D eigenvalue weighted by atomic mass is 10.0. The van der Waals surface area contributed by atoms with Crippen LogP contribution >= 0.6 is 0 Å². The van der Waals surface area contributed by atoms with Gasteiger partial charge in [0.2, 0.25) is 0 Å². The molecule has 17 heavy (non-hydrogen) atoms. The Hall–Kier alpha value is -0.0800. The quantitative estimate of drug-likeness (QED) is 0.765. The minimum Gasteiger partial charge on any atom is -0.313 e. The third-order valence-electron chi connectivity index (χ3n) is 4.52. The van der Waals surface area contributed by atoms with Crippen molar-refractivity contribution >= 4 is 0 Å². The summed E-state index contributed by atoms with van der Waals surface area (Å²) in [6, 6.07) is 0.771. The summed E-state index contributed by atoms with van der Waals surface area (Å²) in [4.78, 5) is 2.70. The van der Waals surface area contributed by atoms with E-state index < -0.39 is 0 Å². The Morgan fingerprint density at radius 3 is 2.71 bits per heavy atom. The maximum atomic E-state index is 3.69. The number of hydrogen-bond acceptors (Lipinski definition) is 2. The summed E-state index contributed by atoms with van der Waals surface area (Å²) in [6.45, 7) is 7.45. The van der Waals surface area contributed by atoms with E-state index in [0.29, 0.717) is 0 Å². The van der Waals surface area contributed by atoms with E-state index in [1.165, 1.54) is 77.5 Å². The number of nitrogens with one attached hydrogen (secondary N) is 1. The van der Waals surface area contributed by atoms with Crippen molar-refractivity contribution in [2.24, 2.45) is 5.92 Å². The molecule has 2 rings (SSSR count). The SMILES string of the molecule is CCCNC1CCCN(CCC2CCCC2)C1. The molecule has 1 unspecified atom stereocenters. The highest BCUT2D eigenvalue weighted by Crippen LogP contribution is 2.27. The molecule has 0 aromatic heterocycles. The van der Waals surface area contributed by atoms with Gasteiger partial charge in [0.1, 0.15) is 0 Å². The summed E-state index contributed by atoms with van der Waals surface area (Å²) in [5.74, 6) is 1.05. The van der Waals surface area contributed by atoms with Crippen LogP contribution < -0.4 is 5.32 Å². The van der Waals surface area contributed by atoms with E-state index in [9.17, 15) is 0 Å². The topological polar surface area (TPSA) is 15.3 Å². The molecule has 1 aliphatic heterocycles. The van der Waals surface area contributed by atoms with Gasteiger partial charge in [-0.15, -0.1) is 0 Å². The number of nitrogens with zero attached hydrogens (tertiary/aromatic N) is 1. The van der Waals surface area contributed by atoms with Crippen molar-refractivity contribution in [1.29, 1.82) is 0 Å². The van der Waals surface area contributed by atoms with Crippen molar-refractivity contribution in [2.45, 2.75) is 64.3 Å². The van der Waals surface area contributed by atoms with Crippen molar-refractivity contribution in [1.82, 2.24) is 10.2 Å². The lowest BCUT2D eigenvalue weighted by molar-refractivity contribution is 0.180. The first kappa shape index (κ1) is 13.4. The molecular formula is C15H30N2. The predicted octanol–water partition coefficient (Wildman–Crippen LogP) is 3.03. The number of hydrogen-bond donors (Lipinski definition) is 1. The average Bonchev–Trinajstić information content (AvgIpc) is 2.87. The summed E-state index contributed by atoms with van der Waals surface area (Å²) < 4.78 is 0. The smallest absolute Gasteiger partial charge is 0.0195 e. The van der Waals surface area contributed by atoms with Crippen molar-refractivity contribution in [2.75, 3.05) is 26.2 Å². The van der Waals surface area contributed by atoms with Crippen LogP contribution in [0, 0.1) is 5.92 Å². The fourth-order valence-corrected chi connectivity index (χ4v) is 3.44. The Balaban J connectivity index is 1.62. The largest absolute Gasteiger partial charge is 0.313 e. The van der Waals surface area contributed by atoms with Crippen molar-refractivity contribution in [3.05, 3.63) is 0 Å². The first-order chi connectivity index (χ1) is 8.38. The van der Waals surface area contributed by atoms with E-state index in [0.717, 1.165) is 12.0 Å². The van der Waals surface area contributed by atoms with Gasteiger partial charge in [0.05, 0.1) is 0 Å². The fraction of sp³-hybridized carbons (Fsp3) is 1.00. The Kier molecular flexibility index (Phi) is 5.79. The maximum Gasteiger partial charge on any atom is 0.0195 e. The van der Waals surface area contributed by atoms with Crippen LogP contribution in [0.1, 0.15) is 58.3 Å². The lowest BCUT2D eigenvalue weighted by Crippen LogP contribution is -2.46. The van der Waals surface area contributed by atoms with E-state index in [1.807, 2.05) is 0 Å². The normalized spacial score (nSPS) is 27.7. The fourth-order valence-electron chi connectivity index (χ4n) is 3.44. The molecule has 1 saturated heterocycles. The van der Waals surface area contributed by atoms with Crippen LogP contribution in [0.25, 0.3) is 0 Å². The molecule has 2 nitrogen and oxygen atoms in total. The van der Waals surface area contributed by atoms with Crippen LogP contribution in [0.4, 0.5) is 0 Å². The highest BCUT2D eigenvalue weighted by atomic mass is 15.2. The molecule has 0 aromatic rings. The molecule has 0 spiro atoms.